The van der Waals surface area contributed by atoms with E-state index >= 15 is 0 Å². The van der Waals surface area contributed by atoms with Gasteiger partial charge in [0.25, 0.3) is 5.91 Å². The van der Waals surface area contributed by atoms with E-state index < -0.39 is 0 Å². The minimum Gasteiger partial charge on any atom is -0.338 e. The highest BCUT2D eigenvalue weighted by Gasteiger charge is 2.36. The van der Waals surface area contributed by atoms with Crippen LogP contribution in [0.25, 0.3) is 0 Å². The van der Waals surface area contributed by atoms with Crippen LogP contribution in [0.4, 0.5) is 5.69 Å². The monoisotopic (exact) mass is 396 g/mol. The molecule has 5 heteroatoms. The third-order valence-electron chi connectivity index (χ3n) is 6.24. The van der Waals surface area contributed by atoms with Gasteiger partial charge in [-0.25, -0.2) is 0 Å². The van der Waals surface area contributed by atoms with Gasteiger partial charge in [-0.1, -0.05) is 18.9 Å². The van der Waals surface area contributed by atoms with Crippen molar-refractivity contribution in [1.82, 2.24) is 4.90 Å². The second-order valence-electron chi connectivity index (χ2n) is 8.22. The smallest absolute Gasteiger partial charge is 0.253 e. The molecule has 1 aliphatic carbocycles. The zero-order chi connectivity index (χ0) is 19.5. The van der Waals surface area contributed by atoms with Crippen molar-refractivity contribution in [1.29, 1.82) is 0 Å². The van der Waals surface area contributed by atoms with Gasteiger partial charge in [-0.15, -0.1) is 0 Å². The molecule has 2 heterocycles. The number of amides is 2. The van der Waals surface area contributed by atoms with Gasteiger partial charge in [0.1, 0.15) is 0 Å². The standard InChI is InChI=1S/C23H28N2O2S/c1-16-6-8-18(23(27)25-13-19-4-2-3-5-20(19)14-25)12-21(16)24-22(26)9-7-17-10-11-28-15-17/h6,8,10-12,15,19-20H,2-5,7,9,13-14H2,1H3,(H,24,26)/t19-,20+. The van der Waals surface area contributed by atoms with Crippen LogP contribution in [0.5, 0.6) is 0 Å². The molecule has 2 fully saturated rings. The third-order valence-corrected chi connectivity index (χ3v) is 6.97. The zero-order valence-corrected chi connectivity index (χ0v) is 17.3. The average molecular weight is 397 g/mol. The summed E-state index contributed by atoms with van der Waals surface area (Å²) in [5.74, 6) is 1.45. The van der Waals surface area contributed by atoms with Gasteiger partial charge in [0, 0.05) is 30.8 Å². The SMILES string of the molecule is Cc1ccc(C(=O)N2C[C@H]3CCCC[C@H]3C2)cc1NC(=O)CCc1ccsc1. The molecule has 1 saturated carbocycles. The molecule has 1 aromatic heterocycles. The van der Waals surface area contributed by atoms with E-state index in [1.54, 1.807) is 11.3 Å². The number of benzene rings is 1. The van der Waals surface area contributed by atoms with Crippen molar-refractivity contribution in [3.63, 3.8) is 0 Å². The number of hydrogen-bond donors (Lipinski definition) is 1. The summed E-state index contributed by atoms with van der Waals surface area (Å²) in [6.45, 7) is 3.74. The minimum absolute atomic E-state index is 0.00825. The number of fused-ring (bicyclic) bond motifs is 1. The molecule has 2 aromatic rings. The number of anilines is 1. The van der Waals surface area contributed by atoms with Gasteiger partial charge in [-0.2, -0.15) is 11.3 Å². The van der Waals surface area contributed by atoms with Gasteiger partial charge in [-0.05, 0) is 78.1 Å². The highest BCUT2D eigenvalue weighted by molar-refractivity contribution is 7.07. The Morgan fingerprint density at radius 2 is 1.89 bits per heavy atom. The molecule has 0 bridgehead atoms. The highest BCUT2D eigenvalue weighted by Crippen LogP contribution is 2.36. The Balaban J connectivity index is 1.40. The van der Waals surface area contributed by atoms with Crippen LogP contribution in [-0.4, -0.2) is 29.8 Å². The molecule has 2 amide bonds. The molecule has 2 atom stereocenters. The van der Waals surface area contributed by atoms with Crippen LogP contribution in [0.1, 0.15) is 53.6 Å². The van der Waals surface area contributed by atoms with Crippen molar-refractivity contribution < 1.29 is 9.59 Å². The van der Waals surface area contributed by atoms with Crippen LogP contribution in [0.3, 0.4) is 0 Å². The van der Waals surface area contributed by atoms with Gasteiger partial charge in [-0.3, -0.25) is 9.59 Å². The van der Waals surface area contributed by atoms with E-state index in [1.807, 2.05) is 35.4 Å². The van der Waals surface area contributed by atoms with Gasteiger partial charge in [0.2, 0.25) is 5.91 Å². The Labute approximate surface area is 170 Å². The summed E-state index contributed by atoms with van der Waals surface area (Å²) in [7, 11) is 0. The normalized spacial score (nSPS) is 21.4. The first kappa shape index (κ1) is 19.2. The third kappa shape index (κ3) is 4.30. The summed E-state index contributed by atoms with van der Waals surface area (Å²) in [6, 6.07) is 7.73. The molecule has 2 aliphatic rings. The maximum Gasteiger partial charge on any atom is 0.253 e. The quantitative estimate of drug-likeness (QED) is 0.782. The van der Waals surface area contributed by atoms with Crippen molar-refractivity contribution in [2.45, 2.75) is 45.4 Å². The Morgan fingerprint density at radius 1 is 1.14 bits per heavy atom. The van der Waals surface area contributed by atoms with Crippen LogP contribution in [0.15, 0.2) is 35.0 Å². The topological polar surface area (TPSA) is 49.4 Å². The first-order valence-electron chi connectivity index (χ1n) is 10.3. The van der Waals surface area contributed by atoms with E-state index in [1.165, 1.54) is 31.2 Å². The molecule has 1 saturated heterocycles. The van der Waals surface area contributed by atoms with Crippen molar-refractivity contribution in [3.05, 3.63) is 51.7 Å². The van der Waals surface area contributed by atoms with Gasteiger partial charge in [0.05, 0.1) is 0 Å². The van der Waals surface area contributed by atoms with Crippen molar-refractivity contribution in [2.75, 3.05) is 18.4 Å². The molecule has 1 aromatic carbocycles. The maximum absolute atomic E-state index is 13.0. The Morgan fingerprint density at radius 3 is 2.57 bits per heavy atom. The fourth-order valence-electron chi connectivity index (χ4n) is 4.55. The number of carbonyl (C=O) groups is 2. The lowest BCUT2D eigenvalue weighted by Gasteiger charge is -2.22. The van der Waals surface area contributed by atoms with Gasteiger partial charge in [0.15, 0.2) is 0 Å². The fraction of sp³-hybridized carbons (Fsp3) is 0.478. The summed E-state index contributed by atoms with van der Waals surface area (Å²) >= 11 is 1.65. The number of aryl methyl sites for hydroxylation is 2. The van der Waals surface area contributed by atoms with E-state index in [0.717, 1.165) is 30.8 Å². The Hall–Kier alpha value is -2.14. The second-order valence-corrected chi connectivity index (χ2v) is 9.00. The lowest BCUT2D eigenvalue weighted by molar-refractivity contribution is -0.116. The van der Waals surface area contributed by atoms with E-state index in [-0.39, 0.29) is 11.8 Å². The Kier molecular flexibility index (Phi) is 5.81. The summed E-state index contributed by atoms with van der Waals surface area (Å²) in [4.78, 5) is 27.4. The highest BCUT2D eigenvalue weighted by atomic mass is 32.1. The van der Waals surface area contributed by atoms with Crippen LogP contribution >= 0.6 is 11.3 Å². The molecule has 4 nitrogen and oxygen atoms in total. The van der Waals surface area contributed by atoms with E-state index in [0.29, 0.717) is 23.8 Å². The number of nitrogens with zero attached hydrogens (tertiary/aromatic N) is 1. The molecular weight excluding hydrogens is 368 g/mol. The first-order valence-corrected chi connectivity index (χ1v) is 11.3. The number of carbonyl (C=O) groups excluding carboxylic acids is 2. The number of likely N-dealkylation sites (tertiary alicyclic amines) is 1. The number of thiophene rings is 1. The summed E-state index contributed by atoms with van der Waals surface area (Å²) in [5.41, 5.74) is 3.60. The van der Waals surface area contributed by atoms with E-state index in [2.05, 4.69) is 16.8 Å². The van der Waals surface area contributed by atoms with E-state index in [4.69, 9.17) is 0 Å². The average Bonchev–Trinajstić information content (AvgIpc) is 3.37. The lowest BCUT2D eigenvalue weighted by Crippen LogP contribution is -2.29. The maximum atomic E-state index is 13.0. The first-order chi connectivity index (χ1) is 13.6. The summed E-state index contributed by atoms with van der Waals surface area (Å²) in [6.07, 6.45) is 6.31. The van der Waals surface area contributed by atoms with Gasteiger partial charge < -0.3 is 10.2 Å². The van der Waals surface area contributed by atoms with Crippen LogP contribution in [0.2, 0.25) is 0 Å². The van der Waals surface area contributed by atoms with Crippen LogP contribution < -0.4 is 5.32 Å². The van der Waals surface area contributed by atoms with Crippen LogP contribution in [-0.2, 0) is 11.2 Å². The molecule has 28 heavy (non-hydrogen) atoms. The molecular formula is C23H28N2O2S. The number of rotatable bonds is 5. The van der Waals surface area contributed by atoms with Crippen molar-refractivity contribution in [3.8, 4) is 0 Å². The van der Waals surface area contributed by atoms with Gasteiger partial charge >= 0.3 is 0 Å². The molecule has 1 N–H and O–H groups in total. The van der Waals surface area contributed by atoms with E-state index in [9.17, 15) is 9.59 Å². The van der Waals surface area contributed by atoms with Crippen molar-refractivity contribution >= 4 is 28.8 Å². The number of hydrogen-bond acceptors (Lipinski definition) is 3. The van der Waals surface area contributed by atoms with Crippen LogP contribution in [0, 0.1) is 18.8 Å². The fourth-order valence-corrected chi connectivity index (χ4v) is 5.25. The summed E-state index contributed by atoms with van der Waals surface area (Å²) in [5, 5.41) is 7.11. The lowest BCUT2D eigenvalue weighted by atomic mass is 9.82. The second kappa shape index (κ2) is 8.48. The minimum atomic E-state index is -0.00825. The zero-order valence-electron chi connectivity index (χ0n) is 16.4. The predicted octanol–water partition coefficient (Wildman–Crippen LogP) is 4.89. The number of nitrogens with one attached hydrogen (secondary N) is 1. The summed E-state index contributed by atoms with van der Waals surface area (Å²) < 4.78 is 0. The molecule has 0 radical (unpaired) electrons. The molecule has 4 rings (SSSR count). The molecule has 0 spiro atoms. The molecule has 1 aliphatic heterocycles. The predicted molar refractivity (Wildman–Crippen MR) is 114 cm³/mol. The van der Waals surface area contributed by atoms with Crippen molar-refractivity contribution in [2.24, 2.45) is 11.8 Å². The molecule has 0 unspecified atom stereocenters. The molecule has 148 valence electrons. The Bertz CT molecular complexity index is 832. The largest absolute Gasteiger partial charge is 0.338 e.